The average Bonchev–Trinajstić information content (AvgIpc) is 2.57. The maximum Gasteiger partial charge on any atom is 0.157 e. The van der Waals surface area contributed by atoms with E-state index < -0.39 is 14.6 Å². The van der Waals surface area contributed by atoms with Crippen molar-refractivity contribution in [2.45, 2.75) is 31.4 Å². The lowest BCUT2D eigenvalue weighted by Gasteiger charge is -2.31. The van der Waals surface area contributed by atoms with Crippen molar-refractivity contribution >= 4 is 9.84 Å². The van der Waals surface area contributed by atoms with E-state index in [0.29, 0.717) is 18.9 Å². The number of hydrogen-bond acceptors (Lipinski definition) is 4. The van der Waals surface area contributed by atoms with Gasteiger partial charge in [0, 0.05) is 26.0 Å². The van der Waals surface area contributed by atoms with Gasteiger partial charge in [-0.2, -0.15) is 0 Å². The minimum atomic E-state index is -3.09. The van der Waals surface area contributed by atoms with Crippen molar-refractivity contribution in [2.24, 2.45) is 17.6 Å². The molecule has 2 N–H and O–H groups in total. The molecule has 0 spiro atoms. The largest absolute Gasteiger partial charge is 0.384 e. The molecule has 1 aliphatic rings. The molecule has 0 aromatic carbocycles. The van der Waals surface area contributed by atoms with Gasteiger partial charge in [-0.05, 0) is 24.7 Å². The predicted molar refractivity (Wildman–Crippen MR) is 65.0 cm³/mol. The zero-order chi connectivity index (χ0) is 12.4. The van der Waals surface area contributed by atoms with E-state index in [1.165, 1.54) is 0 Å². The summed E-state index contributed by atoms with van der Waals surface area (Å²) < 4.78 is 28.8. The summed E-state index contributed by atoms with van der Waals surface area (Å²) in [5, 5.41) is 0. The van der Waals surface area contributed by atoms with Gasteiger partial charge >= 0.3 is 0 Å². The Morgan fingerprint density at radius 1 is 1.50 bits per heavy atom. The van der Waals surface area contributed by atoms with Gasteiger partial charge in [0.25, 0.3) is 0 Å². The second-order valence-corrected chi connectivity index (χ2v) is 7.45. The molecule has 0 bridgehead atoms. The molecule has 0 radical (unpaired) electrons. The topological polar surface area (TPSA) is 69.4 Å². The molecule has 3 atom stereocenters. The van der Waals surface area contributed by atoms with E-state index in [2.05, 4.69) is 0 Å². The van der Waals surface area contributed by atoms with Gasteiger partial charge in [-0.25, -0.2) is 8.42 Å². The Morgan fingerprint density at radius 2 is 2.12 bits per heavy atom. The van der Waals surface area contributed by atoms with E-state index in [1.54, 1.807) is 14.0 Å². The molecule has 0 aromatic heterocycles. The highest BCUT2D eigenvalue weighted by Gasteiger charge is 2.52. The van der Waals surface area contributed by atoms with Crippen molar-refractivity contribution in [3.63, 3.8) is 0 Å². The van der Waals surface area contributed by atoms with Crippen LogP contribution >= 0.6 is 0 Å². The van der Waals surface area contributed by atoms with Gasteiger partial charge in [-0.3, -0.25) is 0 Å². The minimum Gasteiger partial charge on any atom is -0.384 e. The summed E-state index contributed by atoms with van der Waals surface area (Å²) in [6, 6.07) is 0. The molecule has 0 saturated heterocycles. The summed E-state index contributed by atoms with van der Waals surface area (Å²) in [6.07, 6.45) is 1.54. The molecule has 16 heavy (non-hydrogen) atoms. The van der Waals surface area contributed by atoms with Crippen LogP contribution in [-0.4, -0.2) is 39.2 Å². The number of methoxy groups -OCH3 is 1. The van der Waals surface area contributed by atoms with Gasteiger partial charge in [0.2, 0.25) is 0 Å². The summed E-state index contributed by atoms with van der Waals surface area (Å²) in [5.74, 6) is 0.626. The van der Waals surface area contributed by atoms with E-state index in [9.17, 15) is 8.42 Å². The second kappa shape index (κ2) is 5.02. The smallest absolute Gasteiger partial charge is 0.157 e. The van der Waals surface area contributed by atoms with Crippen LogP contribution in [0, 0.1) is 11.8 Å². The van der Waals surface area contributed by atoms with Crippen LogP contribution < -0.4 is 5.73 Å². The van der Waals surface area contributed by atoms with E-state index in [-0.39, 0.29) is 18.2 Å². The molecular formula is C11H23NO3S. The normalized spacial score (nSPS) is 35.5. The van der Waals surface area contributed by atoms with E-state index in [4.69, 9.17) is 10.5 Å². The van der Waals surface area contributed by atoms with Crippen molar-refractivity contribution < 1.29 is 13.2 Å². The molecule has 0 aromatic rings. The fraction of sp³-hybridized carbons (Fsp3) is 1.00. The Hall–Kier alpha value is -0.130. The maximum absolute atomic E-state index is 12.2. The van der Waals surface area contributed by atoms with Crippen LogP contribution in [0.25, 0.3) is 0 Å². The summed E-state index contributed by atoms with van der Waals surface area (Å²) in [7, 11) is -1.44. The lowest BCUT2D eigenvalue weighted by atomic mass is 9.97. The van der Waals surface area contributed by atoms with Crippen LogP contribution in [-0.2, 0) is 14.6 Å². The Balaban J connectivity index is 2.98. The number of nitrogens with two attached hydrogens (primary N) is 1. The molecule has 0 aliphatic heterocycles. The van der Waals surface area contributed by atoms with Crippen LogP contribution in [0.4, 0.5) is 0 Å². The van der Waals surface area contributed by atoms with Gasteiger partial charge in [-0.15, -0.1) is 0 Å². The third-order valence-corrected chi connectivity index (χ3v) is 6.70. The zero-order valence-corrected chi connectivity index (χ0v) is 11.2. The first-order valence-corrected chi connectivity index (χ1v) is 7.50. The molecule has 1 saturated carbocycles. The third kappa shape index (κ3) is 2.13. The summed E-state index contributed by atoms with van der Waals surface area (Å²) >= 11 is 0. The fourth-order valence-corrected chi connectivity index (χ4v) is 5.01. The first-order valence-electron chi connectivity index (χ1n) is 5.84. The van der Waals surface area contributed by atoms with E-state index >= 15 is 0 Å². The Kier molecular flexibility index (Phi) is 4.37. The molecule has 4 nitrogen and oxygen atoms in total. The lowest BCUT2D eigenvalue weighted by Crippen LogP contribution is -2.48. The predicted octanol–water partition coefficient (Wildman–Crippen LogP) is 0.811. The molecule has 5 heteroatoms. The standard InChI is InChI=1S/C11H23NO3S/c1-4-16(13,14)11(8-12)6-10(7-15-3)5-9(11)2/h9-10H,4-8,12H2,1-3H3/t9-,10+,11+/m0/s1. The number of rotatable bonds is 5. The van der Waals surface area contributed by atoms with Crippen molar-refractivity contribution in [1.82, 2.24) is 0 Å². The molecule has 96 valence electrons. The highest BCUT2D eigenvalue weighted by atomic mass is 32.2. The van der Waals surface area contributed by atoms with Gasteiger partial charge in [0.15, 0.2) is 9.84 Å². The van der Waals surface area contributed by atoms with Crippen molar-refractivity contribution in [3.05, 3.63) is 0 Å². The maximum atomic E-state index is 12.2. The number of sulfone groups is 1. The quantitative estimate of drug-likeness (QED) is 0.783. The molecule has 1 fully saturated rings. The van der Waals surface area contributed by atoms with Gasteiger partial charge in [0.1, 0.15) is 0 Å². The Bertz CT molecular complexity index is 328. The minimum absolute atomic E-state index is 0.127. The molecule has 1 aliphatic carbocycles. The molecule has 0 unspecified atom stereocenters. The third-order valence-electron chi connectivity index (χ3n) is 3.97. The van der Waals surface area contributed by atoms with Crippen LogP contribution in [0.3, 0.4) is 0 Å². The average molecular weight is 249 g/mol. The van der Waals surface area contributed by atoms with Crippen LogP contribution in [0.15, 0.2) is 0 Å². The van der Waals surface area contributed by atoms with Crippen LogP contribution in [0.2, 0.25) is 0 Å². The zero-order valence-electron chi connectivity index (χ0n) is 10.4. The monoisotopic (exact) mass is 249 g/mol. The number of hydrogen-bond donors (Lipinski definition) is 1. The van der Waals surface area contributed by atoms with Crippen LogP contribution in [0.5, 0.6) is 0 Å². The number of ether oxygens (including phenoxy) is 1. The first-order chi connectivity index (χ1) is 7.43. The molecule has 0 amide bonds. The highest BCUT2D eigenvalue weighted by molar-refractivity contribution is 7.92. The van der Waals surface area contributed by atoms with Crippen molar-refractivity contribution in [3.8, 4) is 0 Å². The summed E-state index contributed by atoms with van der Waals surface area (Å²) in [4.78, 5) is 0. The fourth-order valence-electron chi connectivity index (χ4n) is 2.98. The first kappa shape index (κ1) is 13.9. The van der Waals surface area contributed by atoms with Gasteiger partial charge in [-0.1, -0.05) is 13.8 Å². The molecule has 0 heterocycles. The van der Waals surface area contributed by atoms with Crippen molar-refractivity contribution in [2.75, 3.05) is 26.0 Å². The van der Waals surface area contributed by atoms with E-state index in [1.807, 2.05) is 6.92 Å². The summed E-state index contributed by atoms with van der Waals surface area (Å²) in [5.41, 5.74) is 5.76. The van der Waals surface area contributed by atoms with Crippen LogP contribution in [0.1, 0.15) is 26.7 Å². The Labute approximate surface area is 98.5 Å². The highest BCUT2D eigenvalue weighted by Crippen LogP contribution is 2.44. The molecular weight excluding hydrogens is 226 g/mol. The van der Waals surface area contributed by atoms with Crippen molar-refractivity contribution in [1.29, 1.82) is 0 Å². The second-order valence-electron chi connectivity index (χ2n) is 4.83. The van der Waals surface area contributed by atoms with Gasteiger partial charge in [0.05, 0.1) is 4.75 Å². The SMILES string of the molecule is CCS(=O)(=O)[C@@]1(CN)C[C@H](COC)C[C@@H]1C. The van der Waals surface area contributed by atoms with Gasteiger partial charge < -0.3 is 10.5 Å². The van der Waals surface area contributed by atoms with E-state index in [0.717, 1.165) is 6.42 Å². The molecule has 1 rings (SSSR count). The summed E-state index contributed by atoms with van der Waals surface area (Å²) in [6.45, 7) is 4.55. The Morgan fingerprint density at radius 3 is 2.56 bits per heavy atom. The lowest BCUT2D eigenvalue weighted by molar-refractivity contribution is 0.152.